The average molecular weight is 303 g/mol. The third-order valence-corrected chi connectivity index (χ3v) is 2.82. The van der Waals surface area contributed by atoms with Gasteiger partial charge in [0.15, 0.2) is 0 Å². The molecule has 0 spiro atoms. The minimum Gasteiger partial charge on any atom is -0.368 e. The van der Waals surface area contributed by atoms with Gasteiger partial charge < -0.3 is 16.8 Å². The van der Waals surface area contributed by atoms with Crippen LogP contribution in [0, 0.1) is 0 Å². The molecular weight excluding hydrogens is 287 g/mol. The number of amides is 2. The molecule has 0 heterocycles. The lowest BCUT2D eigenvalue weighted by atomic mass is 10.1. The fraction of sp³-hybridized carbons (Fsp3) is 0.385. The minimum absolute atomic E-state index is 0.0186. The van der Waals surface area contributed by atoms with Gasteiger partial charge in [0.05, 0.1) is 11.6 Å². The first-order valence-corrected chi connectivity index (χ1v) is 6.18. The Morgan fingerprint density at radius 1 is 1.19 bits per heavy atom. The van der Waals surface area contributed by atoms with E-state index in [1.54, 1.807) is 0 Å². The molecule has 2 amide bonds. The maximum absolute atomic E-state index is 12.4. The molecule has 0 fully saturated rings. The van der Waals surface area contributed by atoms with Crippen molar-refractivity contribution in [3.8, 4) is 0 Å². The van der Waals surface area contributed by atoms with E-state index in [0.717, 1.165) is 12.1 Å². The summed E-state index contributed by atoms with van der Waals surface area (Å²) in [5.41, 5.74) is 10.1. The highest BCUT2D eigenvalue weighted by Gasteiger charge is 2.29. The smallest absolute Gasteiger partial charge is 0.368 e. The number of rotatable bonds is 6. The summed E-state index contributed by atoms with van der Waals surface area (Å²) in [5, 5.41) is 2.52. The van der Waals surface area contributed by atoms with Crippen LogP contribution < -0.4 is 16.8 Å². The Balaban J connectivity index is 2.41. The molecule has 0 saturated heterocycles. The highest BCUT2D eigenvalue weighted by molar-refractivity contribution is 5.81. The quantitative estimate of drug-likeness (QED) is 0.728. The number of nitrogens with two attached hydrogens (primary N) is 2. The van der Waals surface area contributed by atoms with Crippen molar-refractivity contribution < 1.29 is 22.8 Å². The predicted molar refractivity (Wildman–Crippen MR) is 69.7 cm³/mol. The number of halogens is 3. The first kappa shape index (κ1) is 17.0. The first-order chi connectivity index (χ1) is 9.70. The van der Waals surface area contributed by atoms with Gasteiger partial charge in [-0.05, 0) is 24.1 Å². The van der Waals surface area contributed by atoms with E-state index in [1.807, 2.05) is 0 Å². The van der Waals surface area contributed by atoms with E-state index < -0.39 is 23.7 Å². The Labute approximate surface area is 119 Å². The maximum atomic E-state index is 12.4. The lowest BCUT2D eigenvalue weighted by Crippen LogP contribution is -2.37. The van der Waals surface area contributed by atoms with Crippen LogP contribution in [-0.2, 0) is 22.3 Å². The van der Waals surface area contributed by atoms with E-state index in [4.69, 9.17) is 11.5 Å². The summed E-state index contributed by atoms with van der Waals surface area (Å²) >= 11 is 0. The summed E-state index contributed by atoms with van der Waals surface area (Å²) < 4.78 is 37.1. The lowest BCUT2D eigenvalue weighted by molar-refractivity contribution is -0.137. The van der Waals surface area contributed by atoms with Gasteiger partial charge in [0, 0.05) is 13.0 Å². The molecule has 0 aliphatic carbocycles. The Bertz CT molecular complexity index is 500. The van der Waals surface area contributed by atoms with Gasteiger partial charge in [-0.1, -0.05) is 12.1 Å². The fourth-order valence-corrected chi connectivity index (χ4v) is 1.53. The second kappa shape index (κ2) is 7.07. The van der Waals surface area contributed by atoms with E-state index in [2.05, 4.69) is 5.32 Å². The van der Waals surface area contributed by atoms with Gasteiger partial charge in [-0.25, -0.2) is 0 Å². The van der Waals surface area contributed by atoms with Gasteiger partial charge in [0.1, 0.15) is 0 Å². The Kier molecular flexibility index (Phi) is 5.71. The van der Waals surface area contributed by atoms with Crippen molar-refractivity contribution >= 4 is 11.8 Å². The third-order valence-electron chi connectivity index (χ3n) is 2.82. The van der Waals surface area contributed by atoms with Crippen molar-refractivity contribution in [1.29, 1.82) is 0 Å². The number of primary amides is 1. The Hall–Kier alpha value is -2.09. The van der Waals surface area contributed by atoms with Crippen molar-refractivity contribution in [2.75, 3.05) is 0 Å². The minimum atomic E-state index is -4.38. The van der Waals surface area contributed by atoms with Crippen LogP contribution in [0.15, 0.2) is 24.3 Å². The summed E-state index contributed by atoms with van der Waals surface area (Å²) in [6.07, 6.45) is -4.24. The third kappa shape index (κ3) is 5.82. The zero-order valence-corrected chi connectivity index (χ0v) is 11.1. The van der Waals surface area contributed by atoms with Gasteiger partial charge in [-0.3, -0.25) is 9.59 Å². The SMILES string of the molecule is NC(=O)[C@@H](N)CCC(=O)NCc1ccc(C(F)(F)F)cc1. The summed E-state index contributed by atoms with van der Waals surface area (Å²) in [6, 6.07) is 3.59. The van der Waals surface area contributed by atoms with Crippen LogP contribution in [0.4, 0.5) is 13.2 Å². The second-order valence-electron chi connectivity index (χ2n) is 4.52. The molecule has 21 heavy (non-hydrogen) atoms. The Morgan fingerprint density at radius 3 is 2.24 bits per heavy atom. The molecule has 1 atom stereocenters. The van der Waals surface area contributed by atoms with E-state index in [9.17, 15) is 22.8 Å². The van der Waals surface area contributed by atoms with Crippen molar-refractivity contribution in [1.82, 2.24) is 5.32 Å². The second-order valence-corrected chi connectivity index (χ2v) is 4.52. The van der Waals surface area contributed by atoms with Gasteiger partial charge >= 0.3 is 6.18 Å². The molecule has 0 aliphatic rings. The molecule has 0 aromatic heterocycles. The first-order valence-electron chi connectivity index (χ1n) is 6.18. The number of nitrogens with one attached hydrogen (secondary N) is 1. The summed E-state index contributed by atoms with van der Waals surface area (Å²) in [5.74, 6) is -1.04. The van der Waals surface area contributed by atoms with E-state index in [0.29, 0.717) is 5.56 Å². The van der Waals surface area contributed by atoms with Crippen LogP contribution in [0.3, 0.4) is 0 Å². The summed E-state index contributed by atoms with van der Waals surface area (Å²) in [6.45, 7) is 0.1000. The van der Waals surface area contributed by atoms with Gasteiger partial charge in [0.2, 0.25) is 11.8 Å². The molecule has 0 bridgehead atoms. The molecule has 0 aliphatic heterocycles. The molecule has 1 aromatic rings. The maximum Gasteiger partial charge on any atom is 0.416 e. The summed E-state index contributed by atoms with van der Waals surface area (Å²) in [4.78, 5) is 22.1. The number of alkyl halides is 3. The van der Waals surface area contributed by atoms with Crippen LogP contribution in [0.25, 0.3) is 0 Å². The standard InChI is InChI=1S/C13H16F3N3O2/c14-13(15,16)9-3-1-8(2-4-9)7-19-11(20)6-5-10(17)12(18)21/h1-4,10H,5-7,17H2,(H2,18,21)(H,19,20)/t10-/m0/s1. The van der Waals surface area contributed by atoms with Crippen LogP contribution in [0.2, 0.25) is 0 Å². The number of benzene rings is 1. The Morgan fingerprint density at radius 2 is 1.76 bits per heavy atom. The lowest BCUT2D eigenvalue weighted by Gasteiger charge is -2.09. The molecule has 1 aromatic carbocycles. The predicted octanol–water partition coefficient (Wildman–Crippen LogP) is 0.914. The molecule has 5 N–H and O–H groups in total. The molecule has 0 saturated carbocycles. The van der Waals surface area contributed by atoms with Gasteiger partial charge in [-0.2, -0.15) is 13.2 Å². The molecule has 1 rings (SSSR count). The largest absolute Gasteiger partial charge is 0.416 e. The molecule has 0 unspecified atom stereocenters. The zero-order chi connectivity index (χ0) is 16.0. The van der Waals surface area contributed by atoms with Crippen molar-refractivity contribution in [3.63, 3.8) is 0 Å². The molecular formula is C13H16F3N3O2. The van der Waals surface area contributed by atoms with E-state index in [1.165, 1.54) is 12.1 Å². The zero-order valence-electron chi connectivity index (χ0n) is 11.1. The number of hydrogen-bond acceptors (Lipinski definition) is 3. The van der Waals surface area contributed by atoms with Gasteiger partial charge in [-0.15, -0.1) is 0 Å². The topological polar surface area (TPSA) is 98.2 Å². The highest BCUT2D eigenvalue weighted by atomic mass is 19.4. The molecule has 116 valence electrons. The van der Waals surface area contributed by atoms with Crippen LogP contribution in [0.5, 0.6) is 0 Å². The highest BCUT2D eigenvalue weighted by Crippen LogP contribution is 2.28. The molecule has 0 radical (unpaired) electrons. The van der Waals surface area contributed by atoms with Crippen molar-refractivity contribution in [2.24, 2.45) is 11.5 Å². The van der Waals surface area contributed by atoms with Crippen LogP contribution >= 0.6 is 0 Å². The van der Waals surface area contributed by atoms with Crippen molar-refractivity contribution in [2.45, 2.75) is 31.6 Å². The van der Waals surface area contributed by atoms with Crippen LogP contribution in [0.1, 0.15) is 24.0 Å². The monoisotopic (exact) mass is 303 g/mol. The number of carbonyl (C=O) groups is 2. The number of carbonyl (C=O) groups excluding carboxylic acids is 2. The van der Waals surface area contributed by atoms with Gasteiger partial charge in [0.25, 0.3) is 0 Å². The van der Waals surface area contributed by atoms with Crippen LogP contribution in [-0.4, -0.2) is 17.9 Å². The van der Waals surface area contributed by atoms with E-state index >= 15 is 0 Å². The average Bonchev–Trinajstić information content (AvgIpc) is 2.41. The fourth-order valence-electron chi connectivity index (χ4n) is 1.53. The summed E-state index contributed by atoms with van der Waals surface area (Å²) in [7, 11) is 0. The van der Waals surface area contributed by atoms with Crippen molar-refractivity contribution in [3.05, 3.63) is 35.4 Å². The molecule has 5 nitrogen and oxygen atoms in total. The number of hydrogen-bond donors (Lipinski definition) is 3. The van der Waals surface area contributed by atoms with E-state index in [-0.39, 0.29) is 25.3 Å². The molecule has 8 heteroatoms. The normalized spacial score (nSPS) is 12.8.